The van der Waals surface area contributed by atoms with Crippen molar-refractivity contribution in [1.29, 1.82) is 0 Å². The van der Waals surface area contributed by atoms with E-state index < -0.39 is 6.15 Å². The molecular formula is C14H24BBrN-. The summed E-state index contributed by atoms with van der Waals surface area (Å²) in [6.07, 6.45) is -0.631. The average molecular weight is 297 g/mol. The lowest BCUT2D eigenvalue weighted by Gasteiger charge is -2.51. The van der Waals surface area contributed by atoms with Crippen molar-refractivity contribution in [3.8, 4) is 0 Å². The van der Waals surface area contributed by atoms with Crippen LogP contribution in [0.15, 0.2) is 22.8 Å². The zero-order valence-electron chi connectivity index (χ0n) is 11.9. The lowest BCUT2D eigenvalue weighted by Crippen LogP contribution is -2.56. The molecule has 0 unspecified atom stereocenters. The maximum absolute atomic E-state index is 4.75. The second-order valence-electron chi connectivity index (χ2n) is 6.19. The average Bonchev–Trinajstić information content (AvgIpc) is 2.16. The van der Waals surface area contributed by atoms with E-state index in [1.54, 1.807) is 0 Å². The summed E-state index contributed by atoms with van der Waals surface area (Å²) in [6, 6.07) is 6.31. The fourth-order valence-electron chi connectivity index (χ4n) is 4.04. The van der Waals surface area contributed by atoms with Crippen molar-refractivity contribution in [2.45, 2.75) is 59.0 Å². The van der Waals surface area contributed by atoms with E-state index in [0.717, 1.165) is 4.60 Å². The van der Waals surface area contributed by atoms with Gasteiger partial charge in [0.05, 0.1) is 6.15 Å². The van der Waals surface area contributed by atoms with Crippen molar-refractivity contribution < 1.29 is 0 Å². The Morgan fingerprint density at radius 3 is 1.76 bits per heavy atom. The van der Waals surface area contributed by atoms with Crippen molar-refractivity contribution in [1.82, 2.24) is 4.98 Å². The Kier molecular flexibility index (Phi) is 4.82. The normalized spacial score (nSPS) is 12.8. The summed E-state index contributed by atoms with van der Waals surface area (Å²) in [4.78, 5) is 4.75. The molecular weight excluding hydrogens is 273 g/mol. The van der Waals surface area contributed by atoms with Gasteiger partial charge in [-0.25, -0.2) is 0 Å². The SMILES string of the molecule is CC(C)[B-](c1cccc(Br)n1)(C(C)C)C(C)C. The molecule has 0 spiro atoms. The summed E-state index contributed by atoms with van der Waals surface area (Å²) < 4.78 is 0.947. The van der Waals surface area contributed by atoms with Crippen molar-refractivity contribution in [3.05, 3.63) is 22.8 Å². The van der Waals surface area contributed by atoms with Gasteiger partial charge in [0.1, 0.15) is 4.60 Å². The third-order valence-corrected chi connectivity index (χ3v) is 5.00. The Labute approximate surface area is 114 Å². The summed E-state index contributed by atoms with van der Waals surface area (Å²) in [7, 11) is 0. The first kappa shape index (κ1) is 14.8. The van der Waals surface area contributed by atoms with Gasteiger partial charge in [-0.15, -0.1) is 5.59 Å². The van der Waals surface area contributed by atoms with E-state index >= 15 is 0 Å². The molecule has 1 aromatic heterocycles. The monoisotopic (exact) mass is 296 g/mol. The molecule has 1 heterocycles. The van der Waals surface area contributed by atoms with Gasteiger partial charge in [-0.1, -0.05) is 53.7 Å². The van der Waals surface area contributed by atoms with Crippen LogP contribution in [-0.4, -0.2) is 11.1 Å². The van der Waals surface area contributed by atoms with E-state index in [9.17, 15) is 0 Å². The molecule has 0 saturated heterocycles. The van der Waals surface area contributed by atoms with Gasteiger partial charge in [-0.3, -0.25) is 4.98 Å². The Hall–Kier alpha value is -0.305. The minimum Gasteiger partial charge on any atom is -0.288 e. The van der Waals surface area contributed by atoms with Gasteiger partial charge >= 0.3 is 0 Å². The molecule has 1 nitrogen and oxygen atoms in total. The molecule has 0 aromatic carbocycles. The summed E-state index contributed by atoms with van der Waals surface area (Å²) in [5.74, 6) is 1.91. The predicted molar refractivity (Wildman–Crippen MR) is 82.6 cm³/mol. The van der Waals surface area contributed by atoms with Gasteiger partial charge in [0, 0.05) is 0 Å². The lowest BCUT2D eigenvalue weighted by molar-refractivity contribution is 0.830. The predicted octanol–water partition coefficient (Wildman–Crippen LogP) is 4.73. The number of halogens is 1. The van der Waals surface area contributed by atoms with E-state index in [2.05, 4.69) is 69.6 Å². The zero-order valence-corrected chi connectivity index (χ0v) is 13.5. The first-order valence-corrected chi connectivity index (χ1v) is 7.43. The molecule has 1 aromatic rings. The summed E-state index contributed by atoms with van der Waals surface area (Å²) in [5, 5.41) is 0. The maximum Gasteiger partial charge on any atom is 0.102 e. The standard InChI is InChI=1S/C14H24BBrN/c1-10(2)15(11(3)4,12(5)6)13-8-7-9-14(16)17-13/h7-12H,1-6H3/q-1. The van der Waals surface area contributed by atoms with Gasteiger partial charge < -0.3 is 0 Å². The minimum absolute atomic E-state index is 0.631. The van der Waals surface area contributed by atoms with Gasteiger partial charge in [0.2, 0.25) is 0 Å². The van der Waals surface area contributed by atoms with E-state index in [0.29, 0.717) is 17.5 Å². The third-order valence-electron chi connectivity index (χ3n) is 4.56. The van der Waals surface area contributed by atoms with E-state index in [1.165, 1.54) is 5.59 Å². The van der Waals surface area contributed by atoms with Crippen LogP contribution in [0.1, 0.15) is 41.5 Å². The number of hydrogen-bond acceptors (Lipinski definition) is 1. The van der Waals surface area contributed by atoms with Crippen LogP contribution in [0.2, 0.25) is 17.5 Å². The third kappa shape index (κ3) is 2.59. The molecule has 0 aliphatic carbocycles. The Morgan fingerprint density at radius 1 is 0.941 bits per heavy atom. The molecule has 17 heavy (non-hydrogen) atoms. The minimum atomic E-state index is -0.631. The summed E-state index contributed by atoms with van der Waals surface area (Å²) >= 11 is 3.50. The number of hydrogen-bond donors (Lipinski definition) is 0. The molecule has 3 heteroatoms. The maximum atomic E-state index is 4.75. The number of aromatic nitrogens is 1. The molecule has 0 aliphatic rings. The topological polar surface area (TPSA) is 12.9 Å². The molecule has 0 radical (unpaired) electrons. The lowest BCUT2D eigenvalue weighted by atomic mass is 9.08. The van der Waals surface area contributed by atoms with Crippen LogP contribution in [-0.2, 0) is 0 Å². The van der Waals surface area contributed by atoms with Crippen molar-refractivity contribution >= 4 is 27.7 Å². The Morgan fingerprint density at radius 2 is 1.41 bits per heavy atom. The van der Waals surface area contributed by atoms with Crippen LogP contribution in [0.25, 0.3) is 0 Å². The van der Waals surface area contributed by atoms with Gasteiger partial charge in [0.25, 0.3) is 0 Å². The fraction of sp³-hybridized carbons (Fsp3) is 0.643. The zero-order chi connectivity index (χ0) is 13.2. The molecule has 0 fully saturated rings. The number of nitrogens with zero attached hydrogens (tertiary/aromatic N) is 1. The summed E-state index contributed by atoms with van der Waals surface area (Å²) in [5.41, 5.74) is 1.28. The second kappa shape index (κ2) is 5.56. The van der Waals surface area contributed by atoms with Crippen LogP contribution in [0.3, 0.4) is 0 Å². The van der Waals surface area contributed by atoms with Crippen molar-refractivity contribution in [3.63, 3.8) is 0 Å². The first-order valence-electron chi connectivity index (χ1n) is 6.63. The molecule has 0 aliphatic heterocycles. The fourth-order valence-corrected chi connectivity index (χ4v) is 4.39. The first-order chi connectivity index (χ1) is 7.83. The smallest absolute Gasteiger partial charge is 0.102 e. The quantitative estimate of drug-likeness (QED) is 0.578. The van der Waals surface area contributed by atoms with Crippen LogP contribution in [0.5, 0.6) is 0 Å². The number of rotatable bonds is 4. The van der Waals surface area contributed by atoms with Crippen LogP contribution in [0, 0.1) is 0 Å². The second-order valence-corrected chi connectivity index (χ2v) is 7.01. The van der Waals surface area contributed by atoms with Crippen LogP contribution in [0.4, 0.5) is 0 Å². The summed E-state index contributed by atoms with van der Waals surface area (Å²) in [6.45, 7) is 14.0. The highest BCUT2D eigenvalue weighted by Crippen LogP contribution is 2.40. The molecule has 0 saturated carbocycles. The van der Waals surface area contributed by atoms with Gasteiger partial charge in [-0.05, 0) is 22.0 Å². The number of pyridine rings is 1. The molecule has 96 valence electrons. The largest absolute Gasteiger partial charge is 0.288 e. The highest BCUT2D eigenvalue weighted by Gasteiger charge is 2.36. The van der Waals surface area contributed by atoms with E-state index in [4.69, 9.17) is 4.98 Å². The Bertz CT molecular complexity index is 352. The van der Waals surface area contributed by atoms with E-state index in [1.807, 2.05) is 6.07 Å². The van der Waals surface area contributed by atoms with Crippen LogP contribution >= 0.6 is 15.9 Å². The van der Waals surface area contributed by atoms with Crippen LogP contribution < -0.4 is 5.59 Å². The van der Waals surface area contributed by atoms with Crippen molar-refractivity contribution in [2.75, 3.05) is 0 Å². The molecule has 0 bridgehead atoms. The Balaban J connectivity index is 3.41. The molecule has 0 N–H and O–H groups in total. The molecule has 0 amide bonds. The molecule has 1 rings (SSSR count). The molecule has 0 atom stereocenters. The van der Waals surface area contributed by atoms with E-state index in [-0.39, 0.29) is 0 Å². The highest BCUT2D eigenvalue weighted by molar-refractivity contribution is 9.10. The van der Waals surface area contributed by atoms with Gasteiger partial charge in [-0.2, -0.15) is 17.5 Å². The highest BCUT2D eigenvalue weighted by atomic mass is 79.9. The van der Waals surface area contributed by atoms with Crippen molar-refractivity contribution in [2.24, 2.45) is 0 Å². The van der Waals surface area contributed by atoms with Gasteiger partial charge in [0.15, 0.2) is 0 Å².